The van der Waals surface area contributed by atoms with Gasteiger partial charge in [0.1, 0.15) is 5.69 Å². The van der Waals surface area contributed by atoms with E-state index in [1.165, 1.54) is 0 Å². The molecule has 0 amide bonds. The van der Waals surface area contributed by atoms with Crippen LogP contribution >= 0.6 is 0 Å². The monoisotopic (exact) mass is 503 g/mol. The average Bonchev–Trinajstić information content (AvgIpc) is 2.58. The molecule has 1 heterocycles. The first-order chi connectivity index (χ1) is 13.6. The molecule has 0 N–H and O–H groups in total. The maximum Gasteiger partial charge on any atom is 0.460 e. The van der Waals surface area contributed by atoms with Crippen molar-refractivity contribution in [3.05, 3.63) is 17.5 Å². The van der Waals surface area contributed by atoms with Gasteiger partial charge in [-0.2, -0.15) is 61.1 Å². The number of methoxy groups -OCH3 is 1. The standard InChI is InChI=1S/C13H9F12NO4S/c1-3-5-8(29-2)6(4-7(26-5)9(14,15)16)30-31(27,28)13(24,25)11(19,20)10(17,18)12(21,22)23/h4H,3H2,1-2H3. The van der Waals surface area contributed by atoms with Crippen molar-refractivity contribution in [1.29, 1.82) is 0 Å². The highest BCUT2D eigenvalue weighted by molar-refractivity contribution is 7.88. The van der Waals surface area contributed by atoms with E-state index in [4.69, 9.17) is 0 Å². The van der Waals surface area contributed by atoms with E-state index >= 15 is 0 Å². The van der Waals surface area contributed by atoms with E-state index in [2.05, 4.69) is 13.9 Å². The summed E-state index contributed by atoms with van der Waals surface area (Å²) in [5.74, 6) is -18.2. The van der Waals surface area contributed by atoms with E-state index in [9.17, 15) is 61.1 Å². The molecule has 1 aromatic heterocycles. The summed E-state index contributed by atoms with van der Waals surface area (Å²) < 4.78 is 186. The third-order valence-electron chi connectivity index (χ3n) is 3.47. The number of nitrogens with zero attached hydrogens (tertiary/aromatic N) is 1. The van der Waals surface area contributed by atoms with Crippen molar-refractivity contribution >= 4 is 10.1 Å². The second-order valence-electron chi connectivity index (χ2n) is 5.54. The van der Waals surface area contributed by atoms with Crippen molar-refractivity contribution in [3.63, 3.8) is 0 Å². The fourth-order valence-electron chi connectivity index (χ4n) is 1.91. The normalized spacial score (nSPS) is 14.5. The van der Waals surface area contributed by atoms with Gasteiger partial charge in [-0.3, -0.25) is 0 Å². The zero-order chi connectivity index (χ0) is 24.8. The minimum atomic E-state index is -7.63. The fourth-order valence-corrected chi connectivity index (χ4v) is 2.82. The molecule has 0 fully saturated rings. The molecule has 1 rings (SSSR count). The van der Waals surface area contributed by atoms with Crippen LogP contribution in [0.5, 0.6) is 11.5 Å². The summed E-state index contributed by atoms with van der Waals surface area (Å²) in [6.07, 6.45) is -13.2. The third-order valence-corrected chi connectivity index (χ3v) is 4.75. The number of alkyl halides is 12. The minimum Gasteiger partial charge on any atom is -0.491 e. The molecule has 0 unspecified atom stereocenters. The quantitative estimate of drug-likeness (QED) is 0.395. The van der Waals surface area contributed by atoms with Crippen LogP contribution in [0.1, 0.15) is 18.3 Å². The summed E-state index contributed by atoms with van der Waals surface area (Å²) in [5, 5.41) is -7.27. The molecule has 5 nitrogen and oxygen atoms in total. The smallest absolute Gasteiger partial charge is 0.460 e. The highest BCUT2D eigenvalue weighted by Crippen LogP contribution is 2.55. The molecular weight excluding hydrogens is 494 g/mol. The molecule has 0 saturated heterocycles. The lowest BCUT2D eigenvalue weighted by atomic mass is 10.1. The number of aryl methyl sites for hydroxylation is 1. The number of hydrogen-bond acceptors (Lipinski definition) is 5. The number of ether oxygens (including phenoxy) is 1. The number of pyridine rings is 1. The van der Waals surface area contributed by atoms with Crippen molar-refractivity contribution in [2.75, 3.05) is 7.11 Å². The van der Waals surface area contributed by atoms with Gasteiger partial charge in [0.25, 0.3) is 0 Å². The molecule has 0 aliphatic rings. The van der Waals surface area contributed by atoms with E-state index in [-0.39, 0.29) is 0 Å². The van der Waals surface area contributed by atoms with Gasteiger partial charge in [-0.25, -0.2) is 4.98 Å². The Balaban J connectivity index is 3.68. The van der Waals surface area contributed by atoms with Crippen molar-refractivity contribution in [2.24, 2.45) is 0 Å². The predicted molar refractivity (Wildman–Crippen MR) is 75.6 cm³/mol. The molecular formula is C13H9F12NO4S. The summed E-state index contributed by atoms with van der Waals surface area (Å²) in [6.45, 7) is 1.11. The lowest BCUT2D eigenvalue weighted by Crippen LogP contribution is -2.63. The van der Waals surface area contributed by atoms with Crippen LogP contribution in [0.15, 0.2) is 6.07 Å². The van der Waals surface area contributed by atoms with Gasteiger partial charge >= 0.3 is 39.6 Å². The highest BCUT2D eigenvalue weighted by atomic mass is 32.2. The van der Waals surface area contributed by atoms with Gasteiger partial charge in [0.05, 0.1) is 12.8 Å². The van der Waals surface area contributed by atoms with Gasteiger partial charge in [-0.05, 0) is 6.42 Å². The number of rotatable bonds is 7. The van der Waals surface area contributed by atoms with E-state index in [0.29, 0.717) is 7.11 Å². The summed E-state index contributed by atoms with van der Waals surface area (Å²) >= 11 is 0. The predicted octanol–water partition coefficient (Wildman–Crippen LogP) is 4.81. The molecule has 0 atom stereocenters. The molecule has 0 aromatic carbocycles. The van der Waals surface area contributed by atoms with Gasteiger partial charge in [0, 0.05) is 6.07 Å². The Hall–Kier alpha value is -2.14. The molecule has 1 aromatic rings. The Morgan fingerprint density at radius 1 is 0.903 bits per heavy atom. The summed E-state index contributed by atoms with van der Waals surface area (Å²) in [6, 6.07) is -0.411. The lowest BCUT2D eigenvalue weighted by Gasteiger charge is -2.32. The molecule has 0 aliphatic carbocycles. The van der Waals surface area contributed by atoms with Crippen molar-refractivity contribution < 1.29 is 70.0 Å². The molecule has 18 heteroatoms. The maximum absolute atomic E-state index is 13.7. The Kier molecular flexibility index (Phi) is 6.74. The van der Waals surface area contributed by atoms with Crippen molar-refractivity contribution in [1.82, 2.24) is 4.98 Å². The first kappa shape index (κ1) is 26.9. The van der Waals surface area contributed by atoms with Crippen LogP contribution in [0.2, 0.25) is 0 Å². The zero-order valence-electron chi connectivity index (χ0n) is 14.8. The maximum atomic E-state index is 13.7. The van der Waals surface area contributed by atoms with Gasteiger partial charge < -0.3 is 8.92 Å². The Bertz CT molecular complexity index is 924. The van der Waals surface area contributed by atoms with Gasteiger partial charge in [-0.1, -0.05) is 6.92 Å². The number of halogens is 12. The Labute approximate surface area is 165 Å². The topological polar surface area (TPSA) is 65.5 Å². The van der Waals surface area contributed by atoms with Gasteiger partial charge in [-0.15, -0.1) is 0 Å². The highest BCUT2D eigenvalue weighted by Gasteiger charge is 2.86. The van der Waals surface area contributed by atoms with Crippen LogP contribution in [0, 0.1) is 0 Å². The van der Waals surface area contributed by atoms with Crippen molar-refractivity contribution in [3.8, 4) is 11.5 Å². The van der Waals surface area contributed by atoms with E-state index in [1.54, 1.807) is 0 Å². The first-order valence-electron chi connectivity index (χ1n) is 7.37. The van der Waals surface area contributed by atoms with Crippen LogP contribution in [-0.4, -0.2) is 43.8 Å². The lowest BCUT2D eigenvalue weighted by molar-refractivity contribution is -0.382. The molecule has 0 spiro atoms. The van der Waals surface area contributed by atoms with Crippen LogP contribution in [0.4, 0.5) is 52.7 Å². The summed E-state index contributed by atoms with van der Waals surface area (Å²) in [4.78, 5) is 2.98. The molecule has 0 saturated carbocycles. The second kappa shape index (κ2) is 7.77. The van der Waals surface area contributed by atoms with E-state index in [0.717, 1.165) is 6.92 Å². The minimum absolute atomic E-state index is 0.411. The second-order valence-corrected chi connectivity index (χ2v) is 7.13. The Morgan fingerprint density at radius 3 is 1.74 bits per heavy atom. The summed E-state index contributed by atoms with van der Waals surface area (Å²) in [5.41, 5.74) is -2.79. The zero-order valence-corrected chi connectivity index (χ0v) is 15.6. The number of aromatic nitrogens is 1. The fraction of sp³-hybridized carbons (Fsp3) is 0.615. The van der Waals surface area contributed by atoms with E-state index in [1.807, 2.05) is 0 Å². The van der Waals surface area contributed by atoms with Crippen LogP contribution < -0.4 is 8.92 Å². The molecule has 180 valence electrons. The van der Waals surface area contributed by atoms with Crippen LogP contribution in [-0.2, 0) is 22.7 Å². The SMILES string of the molecule is CCc1nc(C(F)(F)F)cc(OS(=O)(=O)C(F)(F)C(F)(F)C(F)(F)C(F)(F)F)c1OC. The molecule has 31 heavy (non-hydrogen) atoms. The van der Waals surface area contributed by atoms with Gasteiger partial charge in [0.15, 0.2) is 11.5 Å². The molecule has 0 bridgehead atoms. The van der Waals surface area contributed by atoms with Gasteiger partial charge in [0.2, 0.25) is 0 Å². The van der Waals surface area contributed by atoms with Crippen LogP contribution in [0.3, 0.4) is 0 Å². The first-order valence-corrected chi connectivity index (χ1v) is 8.78. The number of hydrogen-bond donors (Lipinski definition) is 0. The summed E-state index contributed by atoms with van der Waals surface area (Å²) in [7, 11) is -6.84. The van der Waals surface area contributed by atoms with Crippen LogP contribution in [0.25, 0.3) is 0 Å². The molecule has 0 radical (unpaired) electrons. The van der Waals surface area contributed by atoms with Crippen molar-refractivity contribution in [2.45, 2.75) is 42.8 Å². The van der Waals surface area contributed by atoms with E-state index < -0.39 is 74.9 Å². The Morgan fingerprint density at radius 2 is 1.39 bits per heavy atom. The average molecular weight is 503 g/mol. The molecule has 0 aliphatic heterocycles. The third kappa shape index (κ3) is 4.43. The largest absolute Gasteiger partial charge is 0.491 e.